The first-order chi connectivity index (χ1) is 16.4. The van der Waals surface area contributed by atoms with Gasteiger partial charge in [-0.3, -0.25) is 4.79 Å². The summed E-state index contributed by atoms with van der Waals surface area (Å²) in [4.78, 5) is 20.2. The van der Waals surface area contributed by atoms with E-state index < -0.39 is 10.0 Å². The largest absolute Gasteiger partial charge is 0.308 e. The predicted molar refractivity (Wildman–Crippen MR) is 129 cm³/mol. The lowest BCUT2D eigenvalue weighted by molar-refractivity contribution is 0.313. The van der Waals surface area contributed by atoms with Crippen molar-refractivity contribution >= 4 is 32.8 Å². The Labute approximate surface area is 201 Å². The van der Waals surface area contributed by atoms with Gasteiger partial charge in [-0.25, -0.2) is 22.4 Å². The number of halogens is 1. The third-order valence-corrected chi connectivity index (χ3v) is 8.31. The van der Waals surface area contributed by atoms with Gasteiger partial charge in [0.05, 0.1) is 12.3 Å². The molecule has 0 radical (unpaired) electrons. The van der Waals surface area contributed by atoms with Crippen molar-refractivity contribution in [1.29, 1.82) is 0 Å². The summed E-state index contributed by atoms with van der Waals surface area (Å²) in [6.45, 7) is 1.08. The molecule has 0 spiro atoms. The van der Waals surface area contributed by atoms with E-state index in [1.54, 1.807) is 10.7 Å². The van der Waals surface area contributed by atoms with Crippen LogP contribution in [0.4, 0.5) is 0 Å². The second-order valence-corrected chi connectivity index (χ2v) is 10.8. The number of aromatic nitrogens is 5. The minimum Gasteiger partial charge on any atom is -0.308 e. The minimum atomic E-state index is -3.42. The van der Waals surface area contributed by atoms with Gasteiger partial charge in [-0.2, -0.15) is 0 Å². The van der Waals surface area contributed by atoms with E-state index in [9.17, 15) is 13.2 Å². The lowest BCUT2D eigenvalue weighted by Crippen LogP contribution is -2.39. The van der Waals surface area contributed by atoms with E-state index in [1.807, 2.05) is 48.5 Å². The van der Waals surface area contributed by atoms with Gasteiger partial charge in [0.15, 0.2) is 11.2 Å². The Hall–Kier alpha value is -3.08. The molecule has 34 heavy (non-hydrogen) atoms. The third kappa shape index (κ3) is 4.61. The van der Waals surface area contributed by atoms with Crippen LogP contribution in [0.15, 0.2) is 59.4 Å². The highest BCUT2D eigenvalue weighted by Gasteiger charge is 2.30. The zero-order valence-corrected chi connectivity index (χ0v) is 19.8. The van der Waals surface area contributed by atoms with Crippen LogP contribution in [0, 0.1) is 0 Å². The van der Waals surface area contributed by atoms with Crippen molar-refractivity contribution < 1.29 is 8.42 Å². The number of fused-ring (bicyclic) bond motifs is 1. The first kappa shape index (κ1) is 22.7. The van der Waals surface area contributed by atoms with Crippen LogP contribution in [0.1, 0.15) is 35.7 Å². The monoisotopic (exact) mass is 498 g/mol. The summed E-state index contributed by atoms with van der Waals surface area (Å²) in [5.41, 5.74) is 1.80. The average molecular weight is 499 g/mol. The van der Waals surface area contributed by atoms with E-state index >= 15 is 0 Å². The van der Waals surface area contributed by atoms with E-state index in [0.29, 0.717) is 49.0 Å². The zero-order valence-electron chi connectivity index (χ0n) is 18.3. The lowest BCUT2D eigenvalue weighted by atomic mass is 9.97. The molecule has 2 aromatic heterocycles. The van der Waals surface area contributed by atoms with Gasteiger partial charge in [-0.1, -0.05) is 65.3 Å². The summed E-state index contributed by atoms with van der Waals surface area (Å²) in [6, 6.07) is 16.6. The molecule has 4 aromatic rings. The quantitative estimate of drug-likeness (QED) is 0.437. The number of H-pyrrole nitrogens is 1. The maximum absolute atomic E-state index is 12.9. The average Bonchev–Trinajstić information content (AvgIpc) is 3.24. The van der Waals surface area contributed by atoms with Crippen LogP contribution in [-0.4, -0.2) is 50.8 Å². The van der Waals surface area contributed by atoms with Gasteiger partial charge in [-0.05, 0) is 30.0 Å². The Balaban J connectivity index is 1.34. The SMILES string of the molecule is O=c1[nH]c(C2CCN(S(=O)(=O)Cc3ccccc3)CC2)nc2c1nnn2Cc1ccccc1Cl. The standard InChI is InChI=1S/C23H23ClN6O3S/c24-19-9-5-4-8-18(19)14-30-22-20(27-28-30)23(31)26-21(25-22)17-10-12-29(13-11-17)34(32,33)15-16-6-2-1-3-7-16/h1-9,17H,10-15H2,(H,25,26,31). The smallest absolute Gasteiger partial charge is 0.281 e. The molecule has 0 unspecified atom stereocenters. The normalized spacial score (nSPS) is 15.7. The van der Waals surface area contributed by atoms with Crippen LogP contribution < -0.4 is 5.56 Å². The molecule has 1 N–H and O–H groups in total. The third-order valence-electron chi connectivity index (χ3n) is 6.10. The number of piperidine rings is 1. The topological polar surface area (TPSA) is 114 Å². The fraction of sp³-hybridized carbons (Fsp3) is 0.304. The van der Waals surface area contributed by atoms with E-state index in [2.05, 4.69) is 20.3 Å². The molecule has 1 aliphatic rings. The molecule has 0 saturated carbocycles. The molecule has 9 nitrogen and oxygen atoms in total. The Morgan fingerprint density at radius 2 is 1.74 bits per heavy atom. The molecule has 1 fully saturated rings. The Kier molecular flexibility index (Phi) is 6.20. The first-order valence-corrected chi connectivity index (χ1v) is 13.0. The van der Waals surface area contributed by atoms with E-state index in [1.165, 1.54) is 4.31 Å². The van der Waals surface area contributed by atoms with Gasteiger partial charge < -0.3 is 4.98 Å². The molecule has 2 aromatic carbocycles. The fourth-order valence-corrected chi connectivity index (χ4v) is 6.01. The van der Waals surface area contributed by atoms with Crippen molar-refractivity contribution in [3.05, 3.63) is 86.9 Å². The summed E-state index contributed by atoms with van der Waals surface area (Å²) in [7, 11) is -3.42. The molecule has 1 saturated heterocycles. The van der Waals surface area contributed by atoms with E-state index in [4.69, 9.17) is 11.6 Å². The van der Waals surface area contributed by atoms with Gasteiger partial charge in [0, 0.05) is 24.0 Å². The number of sulfonamides is 1. The number of nitrogens with zero attached hydrogens (tertiary/aromatic N) is 5. The molecule has 0 amide bonds. The summed E-state index contributed by atoms with van der Waals surface area (Å²) in [6.07, 6.45) is 1.13. The predicted octanol–water partition coefficient (Wildman–Crippen LogP) is 2.93. The molecular weight excluding hydrogens is 476 g/mol. The highest BCUT2D eigenvalue weighted by atomic mass is 35.5. The molecular formula is C23H23ClN6O3S. The number of aromatic amines is 1. The van der Waals surface area contributed by atoms with Crippen molar-refractivity contribution in [3.8, 4) is 0 Å². The van der Waals surface area contributed by atoms with Crippen LogP contribution in [0.3, 0.4) is 0 Å². The second kappa shape index (κ2) is 9.28. The minimum absolute atomic E-state index is 0.0214. The van der Waals surface area contributed by atoms with Gasteiger partial charge in [0.1, 0.15) is 5.82 Å². The van der Waals surface area contributed by atoms with Crippen molar-refractivity contribution in [2.75, 3.05) is 13.1 Å². The molecule has 1 aliphatic heterocycles. The first-order valence-electron chi connectivity index (χ1n) is 11.0. The molecule has 3 heterocycles. The highest BCUT2D eigenvalue weighted by Crippen LogP contribution is 2.28. The molecule has 11 heteroatoms. The molecule has 176 valence electrons. The van der Waals surface area contributed by atoms with Crippen molar-refractivity contribution in [2.45, 2.75) is 31.1 Å². The molecule has 0 bridgehead atoms. The second-order valence-electron chi connectivity index (χ2n) is 8.38. The number of hydrogen-bond donors (Lipinski definition) is 1. The maximum Gasteiger partial charge on any atom is 0.281 e. The summed E-state index contributed by atoms with van der Waals surface area (Å²) < 4.78 is 28.8. The van der Waals surface area contributed by atoms with Crippen LogP contribution in [-0.2, 0) is 22.3 Å². The van der Waals surface area contributed by atoms with Crippen LogP contribution >= 0.6 is 11.6 Å². The lowest BCUT2D eigenvalue weighted by Gasteiger charge is -2.30. The van der Waals surface area contributed by atoms with Gasteiger partial charge in [-0.15, -0.1) is 5.10 Å². The zero-order chi connectivity index (χ0) is 23.7. The highest BCUT2D eigenvalue weighted by molar-refractivity contribution is 7.88. The van der Waals surface area contributed by atoms with Crippen molar-refractivity contribution in [2.24, 2.45) is 0 Å². The molecule has 0 atom stereocenters. The maximum atomic E-state index is 12.9. The summed E-state index contributed by atoms with van der Waals surface area (Å²) in [5, 5.41) is 8.69. The van der Waals surface area contributed by atoms with Crippen molar-refractivity contribution in [3.63, 3.8) is 0 Å². The van der Waals surface area contributed by atoms with Gasteiger partial charge in [0.25, 0.3) is 5.56 Å². The van der Waals surface area contributed by atoms with Crippen LogP contribution in [0.25, 0.3) is 11.2 Å². The summed E-state index contributed by atoms with van der Waals surface area (Å²) in [5.74, 6) is 0.441. The Morgan fingerprint density at radius 1 is 1.03 bits per heavy atom. The van der Waals surface area contributed by atoms with E-state index in [-0.39, 0.29) is 22.7 Å². The number of nitrogens with one attached hydrogen (secondary N) is 1. The van der Waals surface area contributed by atoms with Crippen molar-refractivity contribution in [1.82, 2.24) is 29.3 Å². The van der Waals surface area contributed by atoms with Gasteiger partial charge in [0.2, 0.25) is 10.0 Å². The summed E-state index contributed by atoms with van der Waals surface area (Å²) >= 11 is 6.27. The molecule has 0 aliphatic carbocycles. The number of hydrogen-bond acceptors (Lipinski definition) is 6. The Morgan fingerprint density at radius 3 is 2.47 bits per heavy atom. The number of rotatable bonds is 6. The van der Waals surface area contributed by atoms with E-state index in [0.717, 1.165) is 11.1 Å². The van der Waals surface area contributed by atoms with Crippen LogP contribution in [0.5, 0.6) is 0 Å². The molecule has 5 rings (SSSR count). The Bertz CT molecular complexity index is 1480. The number of benzene rings is 2. The van der Waals surface area contributed by atoms with Crippen LogP contribution in [0.2, 0.25) is 5.02 Å². The van der Waals surface area contributed by atoms with Gasteiger partial charge >= 0.3 is 0 Å². The fourth-order valence-electron chi connectivity index (χ4n) is 4.25.